The lowest BCUT2D eigenvalue weighted by atomic mass is 10.1. The molecule has 2 aromatic heterocycles. The molecule has 3 rings (SSSR count). The number of guanidine groups is 1. The maximum absolute atomic E-state index is 13.5. The molecule has 152 valence electrons. The summed E-state index contributed by atoms with van der Waals surface area (Å²) >= 11 is 0. The molecule has 1 aromatic carbocycles. The van der Waals surface area contributed by atoms with E-state index in [1.807, 2.05) is 27.0 Å². The molecule has 3 aromatic rings. The molecule has 6 nitrogen and oxygen atoms in total. The van der Waals surface area contributed by atoms with E-state index in [-0.39, 0.29) is 29.8 Å². The predicted molar refractivity (Wildman–Crippen MR) is 121 cm³/mol. The van der Waals surface area contributed by atoms with Crippen molar-refractivity contribution in [1.29, 1.82) is 0 Å². The summed E-state index contributed by atoms with van der Waals surface area (Å²) in [6.45, 7) is 8.05. The Labute approximate surface area is 181 Å². The van der Waals surface area contributed by atoms with Gasteiger partial charge < -0.3 is 20.1 Å². The first kappa shape index (κ1) is 22.2. The summed E-state index contributed by atoms with van der Waals surface area (Å²) in [5.41, 5.74) is 4.08. The first-order valence-electron chi connectivity index (χ1n) is 9.28. The van der Waals surface area contributed by atoms with Crippen LogP contribution in [0.15, 0.2) is 33.9 Å². The minimum atomic E-state index is -0.217. The van der Waals surface area contributed by atoms with Crippen LogP contribution in [0.4, 0.5) is 4.39 Å². The van der Waals surface area contributed by atoms with E-state index < -0.39 is 0 Å². The van der Waals surface area contributed by atoms with Crippen LogP contribution in [0.25, 0.3) is 10.9 Å². The van der Waals surface area contributed by atoms with Crippen LogP contribution in [0, 0.1) is 19.7 Å². The predicted octanol–water partition coefficient (Wildman–Crippen LogP) is 3.87. The minimum absolute atomic E-state index is 0. The van der Waals surface area contributed by atoms with Gasteiger partial charge in [-0.25, -0.2) is 4.39 Å². The zero-order valence-electron chi connectivity index (χ0n) is 16.4. The maximum Gasteiger partial charge on any atom is 0.191 e. The Hall–Kier alpha value is -2.10. The smallest absolute Gasteiger partial charge is 0.191 e. The van der Waals surface area contributed by atoms with Crippen molar-refractivity contribution in [1.82, 2.24) is 20.8 Å². The van der Waals surface area contributed by atoms with Crippen molar-refractivity contribution >= 4 is 40.8 Å². The van der Waals surface area contributed by atoms with Gasteiger partial charge >= 0.3 is 0 Å². The van der Waals surface area contributed by atoms with Crippen LogP contribution in [0.3, 0.4) is 0 Å². The van der Waals surface area contributed by atoms with Gasteiger partial charge in [0.25, 0.3) is 0 Å². The van der Waals surface area contributed by atoms with Gasteiger partial charge in [0.15, 0.2) is 5.96 Å². The second-order valence-electron chi connectivity index (χ2n) is 6.49. The molecule has 0 atom stereocenters. The number of hydrogen-bond donors (Lipinski definition) is 3. The van der Waals surface area contributed by atoms with Gasteiger partial charge in [-0.3, -0.25) is 4.99 Å². The molecule has 3 N–H and O–H groups in total. The molecular formula is C20H27FIN5O. The van der Waals surface area contributed by atoms with Gasteiger partial charge in [-0.1, -0.05) is 5.16 Å². The molecule has 0 spiro atoms. The number of aromatic amines is 1. The van der Waals surface area contributed by atoms with Gasteiger partial charge in [0.05, 0.1) is 5.69 Å². The molecule has 0 saturated carbocycles. The molecule has 28 heavy (non-hydrogen) atoms. The van der Waals surface area contributed by atoms with E-state index >= 15 is 0 Å². The number of halogens is 2. The Balaban J connectivity index is 0.00000280. The first-order valence-corrected chi connectivity index (χ1v) is 9.28. The highest BCUT2D eigenvalue weighted by atomic mass is 127. The lowest BCUT2D eigenvalue weighted by Crippen LogP contribution is -2.38. The second kappa shape index (κ2) is 10.4. The fraction of sp³-hybridized carbons (Fsp3) is 0.400. The normalized spacial score (nSPS) is 11.5. The van der Waals surface area contributed by atoms with Gasteiger partial charge in [0, 0.05) is 42.3 Å². The van der Waals surface area contributed by atoms with E-state index in [1.165, 1.54) is 6.07 Å². The molecule has 0 aliphatic carbocycles. The first-order chi connectivity index (χ1) is 13.1. The van der Waals surface area contributed by atoms with E-state index in [0.717, 1.165) is 58.8 Å². The van der Waals surface area contributed by atoms with Crippen molar-refractivity contribution in [2.45, 2.75) is 33.6 Å². The molecule has 0 saturated heterocycles. The third-order valence-corrected chi connectivity index (χ3v) is 4.57. The van der Waals surface area contributed by atoms with Crippen LogP contribution in [0.5, 0.6) is 0 Å². The van der Waals surface area contributed by atoms with Crippen molar-refractivity contribution in [3.05, 3.63) is 52.8 Å². The number of fused-ring (bicyclic) bond motifs is 1. The summed E-state index contributed by atoms with van der Waals surface area (Å²) in [4.78, 5) is 7.81. The number of aliphatic imine (C=N–C) groups is 1. The highest BCUT2D eigenvalue weighted by Crippen LogP contribution is 2.19. The number of rotatable bonds is 7. The molecule has 0 radical (unpaired) electrons. The number of nitrogens with one attached hydrogen (secondary N) is 3. The van der Waals surface area contributed by atoms with E-state index in [1.54, 1.807) is 12.1 Å². The molecule has 0 amide bonds. The van der Waals surface area contributed by atoms with Crippen LogP contribution in [-0.4, -0.2) is 35.7 Å². The Morgan fingerprint density at radius 3 is 2.79 bits per heavy atom. The fourth-order valence-corrected chi connectivity index (χ4v) is 3.15. The van der Waals surface area contributed by atoms with E-state index in [2.05, 4.69) is 25.8 Å². The summed E-state index contributed by atoms with van der Waals surface area (Å²) in [7, 11) is 0. The Morgan fingerprint density at radius 2 is 2.07 bits per heavy atom. The largest absolute Gasteiger partial charge is 0.361 e. The van der Waals surface area contributed by atoms with Crippen molar-refractivity contribution in [2.75, 3.05) is 19.6 Å². The standard InChI is InChI=1S/C20H26FN5O.HI/c1-4-22-20(24-10-8-17-13(2)26-27-14(17)3)23-9-7-15-12-25-19-6-5-16(21)11-18(15)19;/h5-6,11-12,25H,4,7-10H2,1-3H3,(H2,22,23,24);1H. The molecule has 0 aliphatic heterocycles. The number of hydrogen-bond acceptors (Lipinski definition) is 3. The number of aryl methyl sites for hydroxylation is 2. The average molecular weight is 499 g/mol. The molecule has 8 heteroatoms. The lowest BCUT2D eigenvalue weighted by Gasteiger charge is -2.11. The summed E-state index contributed by atoms with van der Waals surface area (Å²) in [5, 5.41) is 11.5. The molecule has 0 fully saturated rings. The number of nitrogens with zero attached hydrogens (tertiary/aromatic N) is 2. The Bertz CT molecular complexity index is 914. The van der Waals surface area contributed by atoms with Gasteiger partial charge in [0.2, 0.25) is 0 Å². The van der Waals surface area contributed by atoms with Crippen LogP contribution >= 0.6 is 24.0 Å². The second-order valence-corrected chi connectivity index (χ2v) is 6.49. The zero-order valence-corrected chi connectivity index (χ0v) is 18.8. The van der Waals surface area contributed by atoms with Crippen LogP contribution < -0.4 is 10.6 Å². The van der Waals surface area contributed by atoms with Crippen LogP contribution in [0.2, 0.25) is 0 Å². The highest BCUT2D eigenvalue weighted by Gasteiger charge is 2.08. The van der Waals surface area contributed by atoms with Gasteiger partial charge in [-0.15, -0.1) is 24.0 Å². The zero-order chi connectivity index (χ0) is 19.2. The van der Waals surface area contributed by atoms with E-state index in [4.69, 9.17) is 4.52 Å². The molecule has 0 aliphatic rings. The minimum Gasteiger partial charge on any atom is -0.361 e. The topological polar surface area (TPSA) is 78.2 Å². The van der Waals surface area contributed by atoms with Crippen LogP contribution in [-0.2, 0) is 12.8 Å². The van der Waals surface area contributed by atoms with Crippen molar-refractivity contribution < 1.29 is 8.91 Å². The lowest BCUT2D eigenvalue weighted by molar-refractivity contribution is 0.392. The third-order valence-electron chi connectivity index (χ3n) is 4.57. The molecular weight excluding hydrogens is 472 g/mol. The summed E-state index contributed by atoms with van der Waals surface area (Å²) in [6, 6.07) is 4.81. The molecule has 2 heterocycles. The average Bonchev–Trinajstić information content (AvgIpc) is 3.19. The number of benzene rings is 1. The van der Waals surface area contributed by atoms with Gasteiger partial charge in [-0.2, -0.15) is 0 Å². The molecule has 0 unspecified atom stereocenters. The van der Waals surface area contributed by atoms with Crippen molar-refractivity contribution in [2.24, 2.45) is 4.99 Å². The maximum atomic E-state index is 13.5. The summed E-state index contributed by atoms with van der Waals surface area (Å²) < 4.78 is 18.7. The van der Waals surface area contributed by atoms with Gasteiger partial charge in [0.1, 0.15) is 11.6 Å². The quantitative estimate of drug-likeness (QED) is 0.262. The number of aromatic nitrogens is 2. The summed E-state index contributed by atoms with van der Waals surface area (Å²) in [5.74, 6) is 1.41. The van der Waals surface area contributed by atoms with E-state index in [9.17, 15) is 4.39 Å². The van der Waals surface area contributed by atoms with E-state index in [0.29, 0.717) is 13.1 Å². The number of H-pyrrole nitrogens is 1. The SMILES string of the molecule is CCNC(=NCCc1c(C)noc1C)NCCc1c[nH]c2ccc(F)cc12.I. The summed E-state index contributed by atoms with van der Waals surface area (Å²) in [6.07, 6.45) is 3.50. The Kier molecular flexibility index (Phi) is 8.28. The third kappa shape index (κ3) is 5.46. The monoisotopic (exact) mass is 499 g/mol. The Morgan fingerprint density at radius 1 is 1.25 bits per heavy atom. The van der Waals surface area contributed by atoms with Gasteiger partial charge in [-0.05, 0) is 57.4 Å². The fourth-order valence-electron chi connectivity index (χ4n) is 3.15. The molecule has 0 bridgehead atoms. The van der Waals surface area contributed by atoms with Crippen molar-refractivity contribution in [3.63, 3.8) is 0 Å². The highest BCUT2D eigenvalue weighted by molar-refractivity contribution is 14.0. The van der Waals surface area contributed by atoms with Crippen molar-refractivity contribution in [3.8, 4) is 0 Å². The van der Waals surface area contributed by atoms with Crippen LogP contribution in [0.1, 0.15) is 29.5 Å².